The zero-order valence-electron chi connectivity index (χ0n) is 13.8. The standard InChI is InChI=1S/C22H16ClNO2/c23-18-13-11-15(12-14-18)20(25)19-21(16-7-3-1-4-8-16)26-22(24-19)17-9-5-2-6-10-17/h1-14,20,25H. The summed E-state index contributed by atoms with van der Waals surface area (Å²) in [7, 11) is 0. The first kappa shape index (κ1) is 16.6. The Morgan fingerprint density at radius 3 is 1.96 bits per heavy atom. The van der Waals surface area contributed by atoms with Gasteiger partial charge in [0.05, 0.1) is 0 Å². The average molecular weight is 362 g/mol. The molecule has 0 aliphatic rings. The Labute approximate surface area is 156 Å². The van der Waals surface area contributed by atoms with Gasteiger partial charge in [0, 0.05) is 16.1 Å². The van der Waals surface area contributed by atoms with E-state index in [0.717, 1.165) is 11.1 Å². The van der Waals surface area contributed by atoms with Crippen molar-refractivity contribution in [3.63, 3.8) is 0 Å². The number of aromatic nitrogens is 1. The maximum atomic E-state index is 10.9. The average Bonchev–Trinajstić information content (AvgIpc) is 3.15. The van der Waals surface area contributed by atoms with Gasteiger partial charge in [-0.15, -0.1) is 0 Å². The molecule has 0 fully saturated rings. The Morgan fingerprint density at radius 1 is 0.769 bits per heavy atom. The number of benzene rings is 3. The van der Waals surface area contributed by atoms with Gasteiger partial charge in [0.15, 0.2) is 5.76 Å². The summed E-state index contributed by atoms with van der Waals surface area (Å²) in [4.78, 5) is 4.61. The van der Waals surface area contributed by atoms with Crippen molar-refractivity contribution in [1.82, 2.24) is 4.98 Å². The smallest absolute Gasteiger partial charge is 0.227 e. The van der Waals surface area contributed by atoms with Crippen LogP contribution in [0.25, 0.3) is 22.8 Å². The molecule has 0 aliphatic heterocycles. The van der Waals surface area contributed by atoms with E-state index in [1.54, 1.807) is 24.3 Å². The third kappa shape index (κ3) is 3.27. The molecule has 0 saturated carbocycles. The van der Waals surface area contributed by atoms with Crippen LogP contribution in [0.2, 0.25) is 5.02 Å². The highest BCUT2D eigenvalue weighted by molar-refractivity contribution is 6.30. The van der Waals surface area contributed by atoms with Crippen LogP contribution in [-0.4, -0.2) is 10.1 Å². The summed E-state index contributed by atoms with van der Waals surface area (Å²) in [5.74, 6) is 1.04. The number of rotatable bonds is 4. The molecule has 0 amide bonds. The van der Waals surface area contributed by atoms with E-state index in [1.165, 1.54) is 0 Å². The second kappa shape index (κ2) is 7.16. The molecule has 3 aromatic carbocycles. The SMILES string of the molecule is OC(c1ccc(Cl)cc1)c1nc(-c2ccccc2)oc1-c1ccccc1. The highest BCUT2D eigenvalue weighted by Crippen LogP contribution is 2.35. The van der Waals surface area contributed by atoms with Gasteiger partial charge in [0.1, 0.15) is 11.8 Å². The molecule has 1 N–H and O–H groups in total. The summed E-state index contributed by atoms with van der Waals surface area (Å²) < 4.78 is 6.06. The first-order chi connectivity index (χ1) is 12.7. The van der Waals surface area contributed by atoms with E-state index >= 15 is 0 Å². The van der Waals surface area contributed by atoms with Crippen molar-refractivity contribution in [1.29, 1.82) is 0 Å². The van der Waals surface area contributed by atoms with Crippen LogP contribution >= 0.6 is 11.6 Å². The largest absolute Gasteiger partial charge is 0.436 e. The molecule has 0 aliphatic carbocycles. The zero-order valence-corrected chi connectivity index (χ0v) is 14.6. The van der Waals surface area contributed by atoms with Gasteiger partial charge in [-0.05, 0) is 29.8 Å². The molecule has 3 nitrogen and oxygen atoms in total. The molecule has 0 radical (unpaired) electrons. The van der Waals surface area contributed by atoms with Gasteiger partial charge in [-0.2, -0.15) is 0 Å². The van der Waals surface area contributed by atoms with E-state index in [4.69, 9.17) is 16.0 Å². The fourth-order valence-corrected chi connectivity index (χ4v) is 2.95. The lowest BCUT2D eigenvalue weighted by Crippen LogP contribution is -2.01. The quantitative estimate of drug-likeness (QED) is 0.504. The molecule has 26 heavy (non-hydrogen) atoms. The molecule has 0 saturated heterocycles. The Morgan fingerprint density at radius 2 is 1.35 bits per heavy atom. The van der Waals surface area contributed by atoms with Gasteiger partial charge in [-0.25, -0.2) is 4.98 Å². The van der Waals surface area contributed by atoms with E-state index in [0.29, 0.717) is 27.9 Å². The van der Waals surface area contributed by atoms with Crippen molar-refractivity contribution in [2.75, 3.05) is 0 Å². The number of hydrogen-bond donors (Lipinski definition) is 1. The minimum absolute atomic E-state index is 0.479. The van der Waals surface area contributed by atoms with Crippen LogP contribution in [0.4, 0.5) is 0 Å². The lowest BCUT2D eigenvalue weighted by Gasteiger charge is -2.10. The fourth-order valence-electron chi connectivity index (χ4n) is 2.82. The third-order valence-corrected chi connectivity index (χ3v) is 4.41. The lowest BCUT2D eigenvalue weighted by molar-refractivity contribution is 0.216. The monoisotopic (exact) mass is 361 g/mol. The molecule has 1 unspecified atom stereocenters. The van der Waals surface area contributed by atoms with Crippen molar-refractivity contribution < 1.29 is 9.52 Å². The number of hydrogen-bond acceptors (Lipinski definition) is 3. The van der Waals surface area contributed by atoms with Crippen LogP contribution in [0.15, 0.2) is 89.3 Å². The lowest BCUT2D eigenvalue weighted by atomic mass is 10.0. The summed E-state index contributed by atoms with van der Waals surface area (Å²) in [6.07, 6.45) is -0.913. The van der Waals surface area contributed by atoms with Crippen molar-refractivity contribution in [2.45, 2.75) is 6.10 Å². The minimum Gasteiger partial charge on any atom is -0.436 e. The van der Waals surface area contributed by atoms with E-state index in [-0.39, 0.29) is 0 Å². The van der Waals surface area contributed by atoms with Gasteiger partial charge in [0.25, 0.3) is 0 Å². The molecule has 0 bridgehead atoms. The normalized spacial score (nSPS) is 12.1. The topological polar surface area (TPSA) is 46.3 Å². The van der Waals surface area contributed by atoms with Gasteiger partial charge < -0.3 is 9.52 Å². The van der Waals surface area contributed by atoms with E-state index < -0.39 is 6.10 Å². The Bertz CT molecular complexity index is 996. The Hall–Kier alpha value is -2.88. The number of nitrogens with zero attached hydrogens (tertiary/aromatic N) is 1. The maximum Gasteiger partial charge on any atom is 0.227 e. The van der Waals surface area contributed by atoms with Crippen molar-refractivity contribution in [3.05, 3.63) is 101 Å². The van der Waals surface area contributed by atoms with Crippen LogP contribution < -0.4 is 0 Å². The first-order valence-corrected chi connectivity index (χ1v) is 8.65. The van der Waals surface area contributed by atoms with Crippen molar-refractivity contribution in [2.24, 2.45) is 0 Å². The molecule has 4 heteroatoms. The van der Waals surface area contributed by atoms with Crippen LogP contribution in [0.1, 0.15) is 17.4 Å². The molecular weight excluding hydrogens is 346 g/mol. The van der Waals surface area contributed by atoms with Crippen LogP contribution in [-0.2, 0) is 0 Å². The minimum atomic E-state index is -0.913. The summed E-state index contributed by atoms with van der Waals surface area (Å²) in [5.41, 5.74) is 2.92. The molecule has 1 heterocycles. The number of aliphatic hydroxyl groups excluding tert-OH is 1. The zero-order chi connectivity index (χ0) is 17.9. The predicted molar refractivity (Wildman–Crippen MR) is 103 cm³/mol. The molecule has 128 valence electrons. The number of aliphatic hydroxyl groups is 1. The van der Waals surface area contributed by atoms with Gasteiger partial charge in [-0.1, -0.05) is 72.3 Å². The molecule has 4 rings (SSSR count). The molecule has 4 aromatic rings. The van der Waals surface area contributed by atoms with Crippen molar-refractivity contribution in [3.8, 4) is 22.8 Å². The fraction of sp³-hybridized carbons (Fsp3) is 0.0455. The number of halogens is 1. The summed E-state index contributed by atoms with van der Waals surface area (Å²) >= 11 is 5.96. The maximum absolute atomic E-state index is 10.9. The second-order valence-corrected chi connectivity index (χ2v) is 6.36. The third-order valence-electron chi connectivity index (χ3n) is 4.15. The molecular formula is C22H16ClNO2. The molecule has 1 aromatic heterocycles. The Balaban J connectivity index is 1.84. The van der Waals surface area contributed by atoms with Gasteiger partial charge in [-0.3, -0.25) is 0 Å². The van der Waals surface area contributed by atoms with E-state index in [9.17, 15) is 5.11 Å². The summed E-state index contributed by atoms with van der Waals surface area (Å²) in [5, 5.41) is 11.5. The summed E-state index contributed by atoms with van der Waals surface area (Å²) in [6, 6.07) is 26.4. The van der Waals surface area contributed by atoms with E-state index in [1.807, 2.05) is 60.7 Å². The summed E-state index contributed by atoms with van der Waals surface area (Å²) in [6.45, 7) is 0. The van der Waals surface area contributed by atoms with Crippen LogP contribution in [0.5, 0.6) is 0 Å². The predicted octanol–water partition coefficient (Wildman–Crippen LogP) is 5.74. The molecule has 0 spiro atoms. The van der Waals surface area contributed by atoms with Gasteiger partial charge >= 0.3 is 0 Å². The highest BCUT2D eigenvalue weighted by Gasteiger charge is 2.23. The van der Waals surface area contributed by atoms with Gasteiger partial charge in [0.2, 0.25) is 5.89 Å². The number of oxazole rings is 1. The van der Waals surface area contributed by atoms with Crippen molar-refractivity contribution >= 4 is 11.6 Å². The first-order valence-electron chi connectivity index (χ1n) is 8.27. The van der Waals surface area contributed by atoms with E-state index in [2.05, 4.69) is 4.98 Å². The second-order valence-electron chi connectivity index (χ2n) is 5.92. The molecule has 1 atom stereocenters. The van der Waals surface area contributed by atoms with Crippen LogP contribution in [0, 0.1) is 0 Å². The highest BCUT2D eigenvalue weighted by atomic mass is 35.5. The van der Waals surface area contributed by atoms with Crippen LogP contribution in [0.3, 0.4) is 0 Å². The Kier molecular flexibility index (Phi) is 4.57.